The van der Waals surface area contributed by atoms with E-state index in [1.165, 1.54) is 0 Å². The molecule has 1 fully saturated rings. The van der Waals surface area contributed by atoms with Crippen LogP contribution in [0.25, 0.3) is 11.1 Å². The SMILES string of the molecule is C[C@@]12CCO[C@@H]1[C@@]1(COC(N)=N1)c1cc(-c3cccc(C#N)c3)ccc1O2. The van der Waals surface area contributed by atoms with Crippen LogP contribution < -0.4 is 10.5 Å². The molecule has 3 aliphatic heterocycles. The van der Waals surface area contributed by atoms with Gasteiger partial charge in [0.1, 0.15) is 24.1 Å². The third-order valence-electron chi connectivity index (χ3n) is 5.74. The summed E-state index contributed by atoms with van der Waals surface area (Å²) >= 11 is 0. The third-order valence-corrected chi connectivity index (χ3v) is 5.74. The fourth-order valence-electron chi connectivity index (χ4n) is 4.45. The number of ether oxygens (including phenoxy) is 3. The van der Waals surface area contributed by atoms with Crippen molar-refractivity contribution in [2.45, 2.75) is 30.6 Å². The number of nitriles is 1. The second kappa shape index (κ2) is 5.48. The molecule has 1 saturated heterocycles. The van der Waals surface area contributed by atoms with Crippen molar-refractivity contribution in [3.63, 3.8) is 0 Å². The van der Waals surface area contributed by atoms with E-state index in [2.05, 4.69) is 19.1 Å². The molecule has 0 aliphatic carbocycles. The van der Waals surface area contributed by atoms with Crippen LogP contribution >= 0.6 is 0 Å². The molecule has 5 rings (SSSR count). The van der Waals surface area contributed by atoms with E-state index in [1.54, 1.807) is 6.07 Å². The Bertz CT molecular complexity index is 1010. The van der Waals surface area contributed by atoms with Crippen molar-refractivity contribution in [3.8, 4) is 22.9 Å². The number of amidine groups is 1. The first-order chi connectivity index (χ1) is 13.0. The Morgan fingerprint density at radius 2 is 2.07 bits per heavy atom. The molecule has 2 N–H and O–H groups in total. The summed E-state index contributed by atoms with van der Waals surface area (Å²) < 4.78 is 18.0. The molecule has 0 radical (unpaired) electrons. The maximum atomic E-state index is 9.19. The summed E-state index contributed by atoms with van der Waals surface area (Å²) in [4.78, 5) is 4.69. The summed E-state index contributed by atoms with van der Waals surface area (Å²) in [6, 6.07) is 15.9. The van der Waals surface area contributed by atoms with Crippen molar-refractivity contribution in [1.82, 2.24) is 0 Å². The summed E-state index contributed by atoms with van der Waals surface area (Å²) in [5.74, 6) is 0.779. The fourth-order valence-corrected chi connectivity index (χ4v) is 4.45. The minimum Gasteiger partial charge on any atom is -0.484 e. The van der Waals surface area contributed by atoms with E-state index in [1.807, 2.05) is 30.3 Å². The Labute approximate surface area is 157 Å². The number of rotatable bonds is 1. The average Bonchev–Trinajstić information content (AvgIpc) is 3.26. The van der Waals surface area contributed by atoms with Gasteiger partial charge in [0.2, 0.25) is 0 Å². The van der Waals surface area contributed by atoms with Gasteiger partial charge in [-0.2, -0.15) is 5.26 Å². The molecule has 0 aromatic heterocycles. The summed E-state index contributed by atoms with van der Waals surface area (Å²) in [5.41, 5.74) is 8.20. The van der Waals surface area contributed by atoms with Gasteiger partial charge in [0.15, 0.2) is 5.54 Å². The van der Waals surface area contributed by atoms with Crippen molar-refractivity contribution in [3.05, 3.63) is 53.6 Å². The summed E-state index contributed by atoms with van der Waals surface area (Å²) in [6.07, 6.45) is 0.527. The fraction of sp³-hybridized carbons (Fsp3) is 0.333. The predicted molar refractivity (Wildman–Crippen MR) is 99.2 cm³/mol. The molecule has 6 heteroatoms. The lowest BCUT2D eigenvalue weighted by Gasteiger charge is -2.45. The first-order valence-electron chi connectivity index (χ1n) is 8.98. The van der Waals surface area contributed by atoms with Crippen LogP contribution in [0.2, 0.25) is 0 Å². The number of hydrogen-bond acceptors (Lipinski definition) is 6. The van der Waals surface area contributed by atoms with Gasteiger partial charge < -0.3 is 19.9 Å². The summed E-state index contributed by atoms with van der Waals surface area (Å²) in [7, 11) is 0. The van der Waals surface area contributed by atoms with E-state index in [4.69, 9.17) is 24.9 Å². The smallest absolute Gasteiger partial charge is 0.283 e. The van der Waals surface area contributed by atoms with E-state index in [0.717, 1.165) is 28.9 Å². The maximum Gasteiger partial charge on any atom is 0.283 e. The Balaban J connectivity index is 1.69. The topological polar surface area (TPSA) is 89.9 Å². The molecule has 0 amide bonds. The van der Waals surface area contributed by atoms with Gasteiger partial charge in [0.05, 0.1) is 18.2 Å². The lowest BCUT2D eigenvalue weighted by Crippen LogP contribution is -2.57. The van der Waals surface area contributed by atoms with Crippen molar-refractivity contribution < 1.29 is 14.2 Å². The molecule has 136 valence electrons. The van der Waals surface area contributed by atoms with Gasteiger partial charge in [-0.05, 0) is 42.3 Å². The quantitative estimate of drug-likeness (QED) is 0.843. The first kappa shape index (κ1) is 16.2. The standard InChI is InChI=1S/C21H19N3O3/c1-20-7-8-25-18(20)21(12-26-19(23)24-21)16-10-15(5-6-17(16)27-20)14-4-2-3-13(9-14)11-22/h2-6,9-10,18H,7-8,12H2,1H3,(H2,23,24)/t18-,20+,21+/m0/s1. The largest absolute Gasteiger partial charge is 0.484 e. The van der Waals surface area contributed by atoms with E-state index < -0.39 is 11.1 Å². The zero-order valence-corrected chi connectivity index (χ0v) is 14.9. The van der Waals surface area contributed by atoms with Crippen LogP contribution in [-0.2, 0) is 15.0 Å². The lowest BCUT2D eigenvalue weighted by molar-refractivity contribution is -0.0755. The van der Waals surface area contributed by atoms with Gasteiger partial charge in [-0.3, -0.25) is 0 Å². The molecule has 3 aliphatic rings. The highest BCUT2D eigenvalue weighted by Crippen LogP contribution is 2.53. The molecule has 0 bridgehead atoms. The van der Waals surface area contributed by atoms with Crippen LogP contribution in [0.3, 0.4) is 0 Å². The summed E-state index contributed by atoms with van der Waals surface area (Å²) in [6.45, 7) is 3.00. The third kappa shape index (κ3) is 2.25. The molecule has 1 spiro atoms. The summed E-state index contributed by atoms with van der Waals surface area (Å²) in [5, 5.41) is 9.19. The van der Waals surface area contributed by atoms with E-state index in [0.29, 0.717) is 18.8 Å². The monoisotopic (exact) mass is 361 g/mol. The highest BCUT2D eigenvalue weighted by molar-refractivity contribution is 5.76. The molecule has 2 aromatic carbocycles. The molecule has 3 atom stereocenters. The van der Waals surface area contributed by atoms with Crippen LogP contribution in [0, 0.1) is 11.3 Å². The van der Waals surface area contributed by atoms with Crippen LogP contribution in [0.1, 0.15) is 24.5 Å². The average molecular weight is 361 g/mol. The van der Waals surface area contributed by atoms with Crippen molar-refractivity contribution in [2.75, 3.05) is 13.2 Å². The molecule has 3 heterocycles. The van der Waals surface area contributed by atoms with E-state index in [9.17, 15) is 5.26 Å². The number of aliphatic imine (C=N–C) groups is 1. The zero-order chi connectivity index (χ0) is 18.6. The Hall–Kier alpha value is -3.04. The minimum absolute atomic E-state index is 0.178. The maximum absolute atomic E-state index is 9.19. The number of benzene rings is 2. The first-order valence-corrected chi connectivity index (χ1v) is 8.98. The van der Waals surface area contributed by atoms with Gasteiger partial charge in [0.25, 0.3) is 6.02 Å². The van der Waals surface area contributed by atoms with Crippen LogP contribution in [-0.4, -0.2) is 30.9 Å². The van der Waals surface area contributed by atoms with Gasteiger partial charge in [-0.25, -0.2) is 4.99 Å². The zero-order valence-electron chi connectivity index (χ0n) is 14.9. The highest BCUT2D eigenvalue weighted by Gasteiger charge is 2.62. The Morgan fingerprint density at radius 3 is 2.85 bits per heavy atom. The molecule has 0 unspecified atom stereocenters. The van der Waals surface area contributed by atoms with Crippen LogP contribution in [0.15, 0.2) is 47.5 Å². The molecular formula is C21H19N3O3. The Morgan fingerprint density at radius 1 is 1.22 bits per heavy atom. The number of fused-ring (bicyclic) bond motifs is 4. The van der Waals surface area contributed by atoms with E-state index in [-0.39, 0.29) is 12.1 Å². The number of nitrogens with two attached hydrogens (primary N) is 1. The highest BCUT2D eigenvalue weighted by atomic mass is 16.6. The number of hydrogen-bond donors (Lipinski definition) is 1. The normalized spacial score (nSPS) is 30.7. The minimum atomic E-state index is -0.717. The predicted octanol–water partition coefficient (Wildman–Crippen LogP) is 2.71. The van der Waals surface area contributed by atoms with Crippen molar-refractivity contribution in [2.24, 2.45) is 10.7 Å². The second-order valence-corrected chi connectivity index (χ2v) is 7.48. The molecule has 2 aromatic rings. The molecule has 6 nitrogen and oxygen atoms in total. The van der Waals surface area contributed by atoms with Crippen molar-refractivity contribution >= 4 is 6.02 Å². The molecule has 27 heavy (non-hydrogen) atoms. The van der Waals surface area contributed by atoms with Gasteiger partial charge in [-0.15, -0.1) is 0 Å². The Kier molecular flexibility index (Phi) is 3.28. The van der Waals surface area contributed by atoms with Crippen molar-refractivity contribution in [1.29, 1.82) is 5.26 Å². The number of nitrogens with zero attached hydrogens (tertiary/aromatic N) is 2. The van der Waals surface area contributed by atoms with Crippen LogP contribution in [0.5, 0.6) is 5.75 Å². The second-order valence-electron chi connectivity index (χ2n) is 7.48. The van der Waals surface area contributed by atoms with Gasteiger partial charge >= 0.3 is 0 Å². The molecular weight excluding hydrogens is 342 g/mol. The van der Waals surface area contributed by atoms with Gasteiger partial charge in [-0.1, -0.05) is 18.2 Å². The lowest BCUT2D eigenvalue weighted by atomic mass is 9.74. The van der Waals surface area contributed by atoms with Crippen LogP contribution in [0.4, 0.5) is 0 Å². The van der Waals surface area contributed by atoms with E-state index >= 15 is 0 Å². The van der Waals surface area contributed by atoms with Gasteiger partial charge in [0, 0.05) is 12.0 Å². The molecule has 0 saturated carbocycles.